The van der Waals surface area contributed by atoms with Crippen molar-refractivity contribution < 1.29 is 24.3 Å². The number of rotatable bonds is 4. The molecular weight excluding hydrogens is 190 g/mol. The molecule has 0 aromatic rings. The van der Waals surface area contributed by atoms with Crippen LogP contribution in [0.1, 0.15) is 13.3 Å². The van der Waals surface area contributed by atoms with Crippen LogP contribution in [0.4, 0.5) is 0 Å². The van der Waals surface area contributed by atoms with Crippen molar-refractivity contribution in [3.63, 3.8) is 0 Å². The lowest BCUT2D eigenvalue weighted by Crippen LogP contribution is -2.32. The highest BCUT2D eigenvalue weighted by molar-refractivity contribution is 5.78. The molecule has 14 heavy (non-hydrogen) atoms. The van der Waals surface area contributed by atoms with E-state index in [0.29, 0.717) is 13.0 Å². The van der Waals surface area contributed by atoms with Gasteiger partial charge in [-0.15, -0.1) is 0 Å². The molecule has 2 atom stereocenters. The van der Waals surface area contributed by atoms with Crippen LogP contribution in [-0.2, 0) is 19.2 Å². The molecule has 0 saturated carbocycles. The van der Waals surface area contributed by atoms with Crippen LogP contribution in [0.3, 0.4) is 0 Å². The molecule has 1 heterocycles. The normalized spacial score (nSPS) is 26.1. The molecule has 0 aromatic carbocycles. The standard InChI is InChI=1S/C8H13NO5/c1-5-2-6(3-13-5)8(12)9-14-4-7(10)11/h5-6H,2-4H2,1H3,(H,9,12)(H,10,11). The summed E-state index contributed by atoms with van der Waals surface area (Å²) in [4.78, 5) is 25.8. The molecule has 1 aliphatic heterocycles. The first-order chi connectivity index (χ1) is 6.59. The molecule has 0 spiro atoms. The summed E-state index contributed by atoms with van der Waals surface area (Å²) in [6.45, 7) is 1.71. The van der Waals surface area contributed by atoms with Crippen LogP contribution in [0, 0.1) is 5.92 Å². The van der Waals surface area contributed by atoms with Crippen LogP contribution in [0.25, 0.3) is 0 Å². The fraction of sp³-hybridized carbons (Fsp3) is 0.750. The number of carbonyl (C=O) groups excluding carboxylic acids is 1. The number of nitrogens with one attached hydrogen (secondary N) is 1. The molecule has 6 heteroatoms. The molecule has 1 saturated heterocycles. The van der Waals surface area contributed by atoms with Crippen molar-refractivity contribution in [2.24, 2.45) is 5.92 Å². The predicted octanol–water partition coefficient (Wildman–Crippen LogP) is -0.456. The first-order valence-corrected chi connectivity index (χ1v) is 4.34. The summed E-state index contributed by atoms with van der Waals surface area (Å²) in [6, 6.07) is 0. The number of hydrogen-bond donors (Lipinski definition) is 2. The van der Waals surface area contributed by atoms with Gasteiger partial charge < -0.3 is 9.84 Å². The second kappa shape index (κ2) is 4.92. The van der Waals surface area contributed by atoms with E-state index < -0.39 is 12.6 Å². The average Bonchev–Trinajstić information content (AvgIpc) is 2.51. The van der Waals surface area contributed by atoms with Crippen molar-refractivity contribution in [1.82, 2.24) is 5.48 Å². The summed E-state index contributed by atoms with van der Waals surface area (Å²) in [6.07, 6.45) is 0.715. The van der Waals surface area contributed by atoms with Gasteiger partial charge in [0.1, 0.15) is 0 Å². The smallest absolute Gasteiger partial charge is 0.332 e. The summed E-state index contributed by atoms with van der Waals surface area (Å²) < 4.78 is 5.18. The van der Waals surface area contributed by atoms with E-state index >= 15 is 0 Å². The van der Waals surface area contributed by atoms with Gasteiger partial charge >= 0.3 is 5.97 Å². The van der Waals surface area contributed by atoms with Gasteiger partial charge in [0.25, 0.3) is 0 Å². The molecule has 1 amide bonds. The van der Waals surface area contributed by atoms with Gasteiger partial charge in [0, 0.05) is 0 Å². The second-order valence-corrected chi connectivity index (χ2v) is 3.23. The lowest BCUT2D eigenvalue weighted by Gasteiger charge is -2.07. The summed E-state index contributed by atoms with van der Waals surface area (Å²) in [5, 5.41) is 8.23. The number of aliphatic carboxylic acids is 1. The minimum Gasteiger partial charge on any atom is -0.479 e. The van der Waals surface area contributed by atoms with Crippen LogP contribution in [0.5, 0.6) is 0 Å². The minimum atomic E-state index is -1.12. The molecule has 1 aliphatic rings. The van der Waals surface area contributed by atoms with E-state index in [1.807, 2.05) is 6.92 Å². The quantitative estimate of drug-likeness (QED) is 0.604. The highest BCUT2D eigenvalue weighted by Crippen LogP contribution is 2.18. The monoisotopic (exact) mass is 203 g/mol. The number of hydroxylamine groups is 1. The van der Waals surface area contributed by atoms with Gasteiger partial charge in [0.15, 0.2) is 6.61 Å². The third-order valence-corrected chi connectivity index (χ3v) is 1.94. The van der Waals surface area contributed by atoms with Gasteiger partial charge in [-0.05, 0) is 13.3 Å². The number of carboxylic acids is 1. The van der Waals surface area contributed by atoms with Gasteiger partial charge in [0.2, 0.25) is 5.91 Å². The number of carbonyl (C=O) groups is 2. The molecule has 2 unspecified atom stereocenters. The molecule has 0 aliphatic carbocycles. The van der Waals surface area contributed by atoms with Crippen LogP contribution < -0.4 is 5.48 Å². The Morgan fingerprint density at radius 2 is 2.36 bits per heavy atom. The molecular formula is C8H13NO5. The fourth-order valence-corrected chi connectivity index (χ4v) is 1.25. The fourth-order valence-electron chi connectivity index (χ4n) is 1.25. The van der Waals surface area contributed by atoms with E-state index in [0.717, 1.165) is 0 Å². The van der Waals surface area contributed by atoms with Gasteiger partial charge in [-0.1, -0.05) is 0 Å². The maximum absolute atomic E-state index is 11.3. The molecule has 80 valence electrons. The molecule has 1 fully saturated rings. The van der Waals surface area contributed by atoms with E-state index in [2.05, 4.69) is 10.3 Å². The van der Waals surface area contributed by atoms with E-state index in [9.17, 15) is 9.59 Å². The Hall–Kier alpha value is -1.14. The maximum Gasteiger partial charge on any atom is 0.332 e. The second-order valence-electron chi connectivity index (χ2n) is 3.23. The number of carboxylic acid groups (broad SMARTS) is 1. The van der Waals surface area contributed by atoms with Crippen LogP contribution >= 0.6 is 0 Å². The van der Waals surface area contributed by atoms with Gasteiger partial charge in [-0.2, -0.15) is 0 Å². The number of amides is 1. The molecule has 2 N–H and O–H groups in total. The van der Waals surface area contributed by atoms with Gasteiger partial charge in [0.05, 0.1) is 18.6 Å². The Kier molecular flexibility index (Phi) is 3.84. The zero-order valence-electron chi connectivity index (χ0n) is 7.86. The van der Waals surface area contributed by atoms with Crippen LogP contribution in [-0.4, -0.2) is 36.3 Å². The van der Waals surface area contributed by atoms with Crippen molar-refractivity contribution in [2.75, 3.05) is 13.2 Å². The summed E-state index contributed by atoms with van der Waals surface area (Å²) in [5.74, 6) is -1.68. The Balaban J connectivity index is 2.18. The Bertz CT molecular complexity index is 230. The SMILES string of the molecule is CC1CC(C(=O)NOCC(=O)O)CO1. The Morgan fingerprint density at radius 3 is 2.86 bits per heavy atom. The Labute approximate surface area is 81.1 Å². The van der Waals surface area contributed by atoms with Gasteiger partial charge in [-0.3, -0.25) is 9.63 Å². The van der Waals surface area contributed by atoms with Crippen molar-refractivity contribution in [2.45, 2.75) is 19.4 Å². The van der Waals surface area contributed by atoms with Crippen molar-refractivity contribution >= 4 is 11.9 Å². The first kappa shape index (κ1) is 10.9. The van der Waals surface area contributed by atoms with Crippen molar-refractivity contribution in [3.05, 3.63) is 0 Å². The van der Waals surface area contributed by atoms with Crippen LogP contribution in [0.15, 0.2) is 0 Å². The third kappa shape index (κ3) is 3.31. The van der Waals surface area contributed by atoms with Crippen molar-refractivity contribution in [1.29, 1.82) is 0 Å². The molecule has 6 nitrogen and oxygen atoms in total. The maximum atomic E-state index is 11.3. The predicted molar refractivity (Wildman–Crippen MR) is 45.3 cm³/mol. The largest absolute Gasteiger partial charge is 0.479 e. The first-order valence-electron chi connectivity index (χ1n) is 4.34. The summed E-state index contributed by atoms with van der Waals surface area (Å²) >= 11 is 0. The zero-order valence-corrected chi connectivity index (χ0v) is 7.86. The average molecular weight is 203 g/mol. The lowest BCUT2D eigenvalue weighted by atomic mass is 10.1. The van der Waals surface area contributed by atoms with E-state index in [1.54, 1.807) is 0 Å². The zero-order chi connectivity index (χ0) is 10.6. The highest BCUT2D eigenvalue weighted by atomic mass is 16.7. The van der Waals surface area contributed by atoms with Crippen LogP contribution in [0.2, 0.25) is 0 Å². The third-order valence-electron chi connectivity index (χ3n) is 1.94. The topological polar surface area (TPSA) is 84.9 Å². The minimum absolute atomic E-state index is 0.0743. The molecule has 0 radical (unpaired) electrons. The molecule has 0 bridgehead atoms. The summed E-state index contributed by atoms with van der Waals surface area (Å²) in [5.41, 5.74) is 2.08. The van der Waals surface area contributed by atoms with Gasteiger partial charge in [-0.25, -0.2) is 10.3 Å². The van der Waals surface area contributed by atoms with E-state index in [4.69, 9.17) is 9.84 Å². The molecule has 1 rings (SSSR count). The van der Waals surface area contributed by atoms with Crippen molar-refractivity contribution in [3.8, 4) is 0 Å². The van der Waals surface area contributed by atoms with E-state index in [-0.39, 0.29) is 17.9 Å². The number of ether oxygens (including phenoxy) is 1. The summed E-state index contributed by atoms with van der Waals surface area (Å²) in [7, 11) is 0. The Morgan fingerprint density at radius 1 is 1.64 bits per heavy atom. The van der Waals surface area contributed by atoms with E-state index in [1.165, 1.54) is 0 Å². The number of hydrogen-bond acceptors (Lipinski definition) is 4. The highest BCUT2D eigenvalue weighted by Gasteiger charge is 2.28. The molecule has 0 aromatic heterocycles. The lowest BCUT2D eigenvalue weighted by molar-refractivity contribution is -0.150.